The minimum atomic E-state index is 0.247. The number of hydrogen-bond donors (Lipinski definition) is 0. The highest BCUT2D eigenvalue weighted by molar-refractivity contribution is 5.96. The van der Waals surface area contributed by atoms with Gasteiger partial charge in [0.05, 0.1) is 0 Å². The molecule has 0 spiro atoms. The fourth-order valence-corrected chi connectivity index (χ4v) is 2.09. The lowest BCUT2D eigenvalue weighted by atomic mass is 10.0. The van der Waals surface area contributed by atoms with E-state index in [2.05, 4.69) is 31.9 Å². The third-order valence-corrected chi connectivity index (χ3v) is 3.58. The second-order valence-corrected chi connectivity index (χ2v) is 5.29. The first kappa shape index (κ1) is 14.9. The van der Waals surface area contributed by atoms with Gasteiger partial charge in [-0.1, -0.05) is 24.1 Å². The largest absolute Gasteiger partial charge is 0.303 e. The number of carbonyl (C=O) groups excluding carboxylic acids is 1. The number of benzene rings is 1. The first-order chi connectivity index (χ1) is 8.43. The predicted molar refractivity (Wildman–Crippen MR) is 77.2 cm³/mol. The second kappa shape index (κ2) is 6.69. The Hall–Kier alpha value is -1.15. The molecule has 1 unspecified atom stereocenters. The van der Waals surface area contributed by atoms with E-state index in [1.54, 1.807) is 0 Å². The van der Waals surface area contributed by atoms with Gasteiger partial charge in [-0.15, -0.1) is 0 Å². The molecule has 1 rings (SSSR count). The van der Waals surface area contributed by atoms with Crippen LogP contribution in [0.1, 0.15) is 48.2 Å². The summed E-state index contributed by atoms with van der Waals surface area (Å²) in [6.45, 7) is 9.28. The molecule has 0 radical (unpaired) electrons. The fraction of sp³-hybridized carbons (Fsp3) is 0.562. The quantitative estimate of drug-likeness (QED) is 0.716. The van der Waals surface area contributed by atoms with Crippen LogP contribution in [0.2, 0.25) is 0 Å². The number of rotatable bonds is 6. The first-order valence-electron chi connectivity index (χ1n) is 6.75. The van der Waals surface area contributed by atoms with Gasteiger partial charge in [0.15, 0.2) is 5.78 Å². The normalized spacial score (nSPS) is 12.8. The summed E-state index contributed by atoms with van der Waals surface area (Å²) in [7, 11) is 2.09. The van der Waals surface area contributed by atoms with Crippen LogP contribution in [0.15, 0.2) is 18.2 Å². The molecule has 0 N–H and O–H groups in total. The van der Waals surface area contributed by atoms with Crippen molar-refractivity contribution in [3.05, 3.63) is 34.9 Å². The van der Waals surface area contributed by atoms with Crippen molar-refractivity contribution >= 4 is 5.78 Å². The summed E-state index contributed by atoms with van der Waals surface area (Å²) in [6.07, 6.45) is 1.72. The third-order valence-electron chi connectivity index (χ3n) is 3.58. The smallest absolute Gasteiger partial charge is 0.164 e. The predicted octanol–water partition coefficient (Wildman–Crippen LogP) is 3.61. The van der Waals surface area contributed by atoms with Crippen molar-refractivity contribution in [2.45, 2.75) is 46.6 Å². The van der Waals surface area contributed by atoms with Crippen LogP contribution in [-0.2, 0) is 0 Å². The molecule has 18 heavy (non-hydrogen) atoms. The van der Waals surface area contributed by atoms with Gasteiger partial charge in [-0.25, -0.2) is 0 Å². The summed E-state index contributed by atoms with van der Waals surface area (Å²) in [5.41, 5.74) is 3.17. The summed E-state index contributed by atoms with van der Waals surface area (Å²) >= 11 is 0. The summed E-state index contributed by atoms with van der Waals surface area (Å²) in [5.74, 6) is 0.247. The van der Waals surface area contributed by atoms with Gasteiger partial charge >= 0.3 is 0 Å². The van der Waals surface area contributed by atoms with Crippen molar-refractivity contribution in [1.29, 1.82) is 0 Å². The Labute approximate surface area is 111 Å². The van der Waals surface area contributed by atoms with Crippen LogP contribution < -0.4 is 0 Å². The molecular weight excluding hydrogens is 222 g/mol. The van der Waals surface area contributed by atoms with Crippen LogP contribution in [0.3, 0.4) is 0 Å². The molecule has 0 amide bonds. The lowest BCUT2D eigenvalue weighted by Gasteiger charge is -2.22. The van der Waals surface area contributed by atoms with Gasteiger partial charge in [-0.05, 0) is 46.4 Å². The second-order valence-electron chi connectivity index (χ2n) is 5.29. The SMILES string of the molecule is CCC(C)N(C)CCC(=O)c1cc(C)cc(C)c1. The summed E-state index contributed by atoms with van der Waals surface area (Å²) < 4.78 is 0. The summed E-state index contributed by atoms with van der Waals surface area (Å²) in [4.78, 5) is 14.4. The van der Waals surface area contributed by atoms with Crippen molar-refractivity contribution in [3.8, 4) is 0 Å². The number of carbonyl (C=O) groups is 1. The van der Waals surface area contributed by atoms with Crippen LogP contribution in [0.5, 0.6) is 0 Å². The zero-order valence-corrected chi connectivity index (χ0v) is 12.3. The van der Waals surface area contributed by atoms with E-state index < -0.39 is 0 Å². The number of ketones is 1. The number of nitrogens with zero attached hydrogens (tertiary/aromatic N) is 1. The van der Waals surface area contributed by atoms with Gasteiger partial charge in [0.25, 0.3) is 0 Å². The lowest BCUT2D eigenvalue weighted by molar-refractivity contribution is 0.0961. The maximum absolute atomic E-state index is 12.1. The zero-order valence-electron chi connectivity index (χ0n) is 12.3. The Bertz CT molecular complexity index is 391. The molecule has 0 saturated heterocycles. The first-order valence-corrected chi connectivity index (χ1v) is 6.75. The molecular formula is C16H25NO. The highest BCUT2D eigenvalue weighted by Crippen LogP contribution is 2.12. The van der Waals surface area contributed by atoms with E-state index in [1.165, 1.54) is 0 Å². The molecule has 0 saturated carbocycles. The van der Waals surface area contributed by atoms with Crippen LogP contribution in [0, 0.1) is 13.8 Å². The molecule has 0 aliphatic rings. The molecule has 0 aliphatic heterocycles. The topological polar surface area (TPSA) is 20.3 Å². The van der Waals surface area contributed by atoms with Gasteiger partial charge in [0.1, 0.15) is 0 Å². The van der Waals surface area contributed by atoms with Crippen molar-refractivity contribution in [2.75, 3.05) is 13.6 Å². The molecule has 1 aromatic rings. The Morgan fingerprint density at radius 2 is 1.78 bits per heavy atom. The van der Waals surface area contributed by atoms with E-state index in [-0.39, 0.29) is 5.78 Å². The van der Waals surface area contributed by atoms with Gasteiger partial charge in [-0.3, -0.25) is 4.79 Å². The zero-order chi connectivity index (χ0) is 13.7. The number of aryl methyl sites for hydroxylation is 2. The highest BCUT2D eigenvalue weighted by Gasteiger charge is 2.11. The highest BCUT2D eigenvalue weighted by atomic mass is 16.1. The minimum absolute atomic E-state index is 0.247. The molecule has 0 heterocycles. The van der Waals surface area contributed by atoms with Crippen molar-refractivity contribution in [2.24, 2.45) is 0 Å². The molecule has 1 aromatic carbocycles. The molecule has 0 bridgehead atoms. The van der Waals surface area contributed by atoms with Crippen LogP contribution in [0.25, 0.3) is 0 Å². The van der Waals surface area contributed by atoms with E-state index in [0.717, 1.165) is 29.7 Å². The van der Waals surface area contributed by atoms with Crippen LogP contribution in [-0.4, -0.2) is 30.3 Å². The van der Waals surface area contributed by atoms with E-state index in [9.17, 15) is 4.79 Å². The Morgan fingerprint density at radius 1 is 1.22 bits per heavy atom. The summed E-state index contributed by atoms with van der Waals surface area (Å²) in [6, 6.07) is 6.61. The third kappa shape index (κ3) is 4.26. The molecule has 2 heteroatoms. The van der Waals surface area contributed by atoms with E-state index in [1.807, 2.05) is 26.0 Å². The van der Waals surface area contributed by atoms with Gasteiger partial charge in [0.2, 0.25) is 0 Å². The van der Waals surface area contributed by atoms with Crippen molar-refractivity contribution in [3.63, 3.8) is 0 Å². The molecule has 0 fully saturated rings. The van der Waals surface area contributed by atoms with Gasteiger partial charge < -0.3 is 4.90 Å². The Kier molecular flexibility index (Phi) is 5.54. The fourth-order valence-electron chi connectivity index (χ4n) is 2.09. The number of hydrogen-bond acceptors (Lipinski definition) is 2. The standard InChI is InChI=1S/C16H25NO/c1-6-14(4)17(5)8-7-16(18)15-10-12(2)9-13(3)11-15/h9-11,14H,6-8H2,1-5H3. The molecule has 1 atom stereocenters. The molecule has 2 nitrogen and oxygen atoms in total. The average Bonchev–Trinajstić information content (AvgIpc) is 2.33. The minimum Gasteiger partial charge on any atom is -0.303 e. The summed E-state index contributed by atoms with van der Waals surface area (Å²) in [5, 5.41) is 0. The van der Waals surface area contributed by atoms with E-state index in [0.29, 0.717) is 12.5 Å². The lowest BCUT2D eigenvalue weighted by Crippen LogP contribution is -2.30. The van der Waals surface area contributed by atoms with E-state index in [4.69, 9.17) is 0 Å². The Balaban J connectivity index is 2.60. The molecule has 100 valence electrons. The van der Waals surface area contributed by atoms with Crippen LogP contribution >= 0.6 is 0 Å². The maximum atomic E-state index is 12.1. The average molecular weight is 247 g/mol. The maximum Gasteiger partial charge on any atom is 0.164 e. The molecule has 0 aliphatic carbocycles. The Morgan fingerprint density at radius 3 is 2.28 bits per heavy atom. The number of Topliss-reactive ketones (excluding diaryl/α,β-unsaturated/α-hetero) is 1. The van der Waals surface area contributed by atoms with E-state index >= 15 is 0 Å². The molecule has 0 aromatic heterocycles. The van der Waals surface area contributed by atoms with Crippen LogP contribution in [0.4, 0.5) is 0 Å². The van der Waals surface area contributed by atoms with Gasteiger partial charge in [-0.2, -0.15) is 0 Å². The van der Waals surface area contributed by atoms with Gasteiger partial charge in [0, 0.05) is 24.6 Å². The monoisotopic (exact) mass is 247 g/mol. The van der Waals surface area contributed by atoms with Crippen molar-refractivity contribution < 1.29 is 4.79 Å². The van der Waals surface area contributed by atoms with Crippen molar-refractivity contribution in [1.82, 2.24) is 4.90 Å².